The Hall–Kier alpha value is -3.07. The molecule has 144 valence electrons. The molecular formula is C19H20N6O2S. The lowest BCUT2D eigenvalue weighted by molar-refractivity contribution is -0.126. The molecule has 3 aromatic heterocycles. The van der Waals surface area contributed by atoms with Crippen molar-refractivity contribution in [2.24, 2.45) is 5.92 Å². The summed E-state index contributed by atoms with van der Waals surface area (Å²) < 4.78 is 1.57. The first-order chi connectivity index (χ1) is 13.7. The van der Waals surface area contributed by atoms with Crippen molar-refractivity contribution in [3.63, 3.8) is 0 Å². The molecule has 0 aromatic carbocycles. The molecule has 28 heavy (non-hydrogen) atoms. The number of nitrogens with zero attached hydrogens (tertiary/aromatic N) is 5. The molecule has 4 heterocycles. The zero-order chi connectivity index (χ0) is 19.3. The summed E-state index contributed by atoms with van der Waals surface area (Å²) in [5.41, 5.74) is 0.851. The van der Waals surface area contributed by atoms with Crippen LogP contribution in [0.3, 0.4) is 0 Å². The second kappa shape index (κ2) is 8.30. The van der Waals surface area contributed by atoms with Gasteiger partial charge in [0.2, 0.25) is 5.91 Å². The van der Waals surface area contributed by atoms with Gasteiger partial charge in [-0.25, -0.2) is 14.6 Å². The number of hydrogen-bond donors (Lipinski definition) is 1. The van der Waals surface area contributed by atoms with E-state index in [1.54, 1.807) is 22.1 Å². The fourth-order valence-electron chi connectivity index (χ4n) is 3.35. The summed E-state index contributed by atoms with van der Waals surface area (Å²) in [5, 5.41) is 8.99. The third-order valence-corrected chi connectivity index (χ3v) is 5.63. The van der Waals surface area contributed by atoms with E-state index in [1.807, 2.05) is 29.6 Å². The summed E-state index contributed by atoms with van der Waals surface area (Å²) in [6.45, 7) is 1.49. The van der Waals surface area contributed by atoms with Crippen LogP contribution in [-0.2, 0) is 11.3 Å². The number of rotatable bonds is 5. The monoisotopic (exact) mass is 396 g/mol. The van der Waals surface area contributed by atoms with Gasteiger partial charge in [-0.1, -0.05) is 12.1 Å². The van der Waals surface area contributed by atoms with Crippen LogP contribution in [-0.4, -0.2) is 49.6 Å². The molecule has 4 rings (SSSR count). The maximum atomic E-state index is 12.7. The molecule has 0 saturated carbocycles. The molecule has 9 heteroatoms. The van der Waals surface area contributed by atoms with E-state index in [-0.39, 0.29) is 17.7 Å². The van der Waals surface area contributed by atoms with Crippen LogP contribution in [0.2, 0.25) is 0 Å². The van der Waals surface area contributed by atoms with Gasteiger partial charge in [-0.2, -0.15) is 5.10 Å². The topological polar surface area (TPSA) is 93.0 Å². The van der Waals surface area contributed by atoms with Gasteiger partial charge in [0, 0.05) is 31.4 Å². The Bertz CT molecular complexity index is 941. The zero-order valence-corrected chi connectivity index (χ0v) is 16.0. The van der Waals surface area contributed by atoms with Crippen molar-refractivity contribution in [1.29, 1.82) is 0 Å². The molecule has 0 unspecified atom stereocenters. The SMILES string of the molecule is O=C(NCc1cccnc1-n1cncn1)[C@@H]1CCCN(C(=O)c2cccs2)C1. The summed E-state index contributed by atoms with van der Waals surface area (Å²) in [4.78, 5) is 36.1. The van der Waals surface area contributed by atoms with Crippen molar-refractivity contribution >= 4 is 23.2 Å². The maximum absolute atomic E-state index is 12.7. The van der Waals surface area contributed by atoms with Crippen molar-refractivity contribution in [3.05, 3.63) is 58.9 Å². The number of pyridine rings is 1. The van der Waals surface area contributed by atoms with Crippen LogP contribution in [0.15, 0.2) is 48.5 Å². The number of nitrogens with one attached hydrogen (secondary N) is 1. The van der Waals surface area contributed by atoms with E-state index in [2.05, 4.69) is 20.4 Å². The Morgan fingerprint density at radius 1 is 1.29 bits per heavy atom. The minimum absolute atomic E-state index is 0.00762. The highest BCUT2D eigenvalue weighted by Gasteiger charge is 2.29. The van der Waals surface area contributed by atoms with Gasteiger partial charge >= 0.3 is 0 Å². The standard InChI is InChI=1S/C19H20N6O2S/c26-18(15-5-2-8-24(11-15)19(27)16-6-3-9-28-16)22-10-14-4-1-7-21-17(14)25-13-20-12-23-25/h1,3-4,6-7,9,12-13,15H,2,5,8,10-11H2,(H,22,26)/t15-/m1/s1. The smallest absolute Gasteiger partial charge is 0.263 e. The van der Waals surface area contributed by atoms with E-state index >= 15 is 0 Å². The van der Waals surface area contributed by atoms with Crippen molar-refractivity contribution in [3.8, 4) is 5.82 Å². The van der Waals surface area contributed by atoms with E-state index < -0.39 is 0 Å². The Morgan fingerprint density at radius 2 is 2.21 bits per heavy atom. The molecule has 0 aliphatic carbocycles. The van der Waals surface area contributed by atoms with Crippen LogP contribution >= 0.6 is 11.3 Å². The average molecular weight is 396 g/mol. The Balaban J connectivity index is 1.39. The van der Waals surface area contributed by atoms with E-state index in [1.165, 1.54) is 17.7 Å². The van der Waals surface area contributed by atoms with Crippen LogP contribution in [0.4, 0.5) is 0 Å². The second-order valence-electron chi connectivity index (χ2n) is 6.61. The van der Waals surface area contributed by atoms with Gasteiger partial charge in [-0.15, -0.1) is 11.3 Å². The van der Waals surface area contributed by atoms with Gasteiger partial charge in [0.15, 0.2) is 5.82 Å². The third-order valence-electron chi connectivity index (χ3n) is 4.77. The van der Waals surface area contributed by atoms with Crippen molar-refractivity contribution in [1.82, 2.24) is 30.0 Å². The minimum Gasteiger partial charge on any atom is -0.352 e. The van der Waals surface area contributed by atoms with Crippen molar-refractivity contribution in [2.75, 3.05) is 13.1 Å². The molecule has 8 nitrogen and oxygen atoms in total. The number of amides is 2. The van der Waals surface area contributed by atoms with Gasteiger partial charge < -0.3 is 10.2 Å². The van der Waals surface area contributed by atoms with Gasteiger partial charge in [-0.3, -0.25) is 9.59 Å². The van der Waals surface area contributed by atoms with Gasteiger partial charge in [0.05, 0.1) is 10.8 Å². The van der Waals surface area contributed by atoms with E-state index in [4.69, 9.17) is 0 Å². The van der Waals surface area contributed by atoms with Gasteiger partial charge in [0.1, 0.15) is 12.7 Å². The van der Waals surface area contributed by atoms with E-state index in [0.717, 1.165) is 18.4 Å². The molecule has 1 aliphatic heterocycles. The molecule has 1 aliphatic rings. The molecule has 3 aromatic rings. The van der Waals surface area contributed by atoms with Crippen LogP contribution in [0, 0.1) is 5.92 Å². The quantitative estimate of drug-likeness (QED) is 0.711. The highest BCUT2D eigenvalue weighted by atomic mass is 32.1. The molecule has 1 fully saturated rings. The Labute approximate surface area is 166 Å². The summed E-state index contributed by atoms with van der Waals surface area (Å²) in [6.07, 6.45) is 6.30. The first-order valence-corrected chi connectivity index (χ1v) is 9.99. The molecule has 1 atom stereocenters. The summed E-state index contributed by atoms with van der Waals surface area (Å²) in [5.74, 6) is 0.396. The number of thiophene rings is 1. The number of likely N-dealkylation sites (tertiary alicyclic amines) is 1. The molecular weight excluding hydrogens is 376 g/mol. The molecule has 2 amide bonds. The normalized spacial score (nSPS) is 16.7. The van der Waals surface area contributed by atoms with Gasteiger partial charge in [0.25, 0.3) is 5.91 Å². The van der Waals surface area contributed by atoms with Crippen LogP contribution in [0.25, 0.3) is 5.82 Å². The highest BCUT2D eigenvalue weighted by molar-refractivity contribution is 7.12. The molecule has 1 saturated heterocycles. The van der Waals surface area contributed by atoms with E-state index in [9.17, 15) is 9.59 Å². The number of aromatic nitrogens is 4. The number of piperidine rings is 1. The minimum atomic E-state index is -0.204. The molecule has 0 radical (unpaired) electrons. The fraction of sp³-hybridized carbons (Fsp3) is 0.316. The molecule has 0 bridgehead atoms. The second-order valence-corrected chi connectivity index (χ2v) is 7.56. The van der Waals surface area contributed by atoms with Crippen molar-refractivity contribution in [2.45, 2.75) is 19.4 Å². The summed E-state index contributed by atoms with van der Waals surface area (Å²) >= 11 is 1.43. The molecule has 0 spiro atoms. The average Bonchev–Trinajstić information content (AvgIpc) is 3.46. The fourth-order valence-corrected chi connectivity index (χ4v) is 4.04. The maximum Gasteiger partial charge on any atom is 0.263 e. The van der Waals surface area contributed by atoms with Crippen LogP contribution in [0.1, 0.15) is 28.1 Å². The first-order valence-electron chi connectivity index (χ1n) is 9.12. The lowest BCUT2D eigenvalue weighted by atomic mass is 9.97. The molecule has 1 N–H and O–H groups in total. The predicted molar refractivity (Wildman–Crippen MR) is 104 cm³/mol. The lowest BCUT2D eigenvalue weighted by Crippen LogP contribution is -2.45. The number of carbonyl (C=O) groups is 2. The first kappa shape index (κ1) is 18.3. The highest BCUT2D eigenvalue weighted by Crippen LogP contribution is 2.21. The Morgan fingerprint density at radius 3 is 3.00 bits per heavy atom. The van der Waals surface area contributed by atoms with Crippen LogP contribution in [0.5, 0.6) is 0 Å². The summed E-state index contributed by atoms with van der Waals surface area (Å²) in [6, 6.07) is 7.42. The van der Waals surface area contributed by atoms with E-state index in [0.29, 0.717) is 30.3 Å². The number of hydrogen-bond acceptors (Lipinski definition) is 6. The predicted octanol–water partition coefficient (Wildman–Crippen LogP) is 1.89. The van der Waals surface area contributed by atoms with Gasteiger partial charge in [-0.05, 0) is 30.4 Å². The largest absolute Gasteiger partial charge is 0.352 e. The van der Waals surface area contributed by atoms with Crippen LogP contribution < -0.4 is 5.32 Å². The van der Waals surface area contributed by atoms with Crippen molar-refractivity contribution < 1.29 is 9.59 Å². The Kier molecular flexibility index (Phi) is 5.43. The lowest BCUT2D eigenvalue weighted by Gasteiger charge is -2.31. The third kappa shape index (κ3) is 3.94. The number of carbonyl (C=O) groups excluding carboxylic acids is 2. The zero-order valence-electron chi connectivity index (χ0n) is 15.2. The summed E-state index contributed by atoms with van der Waals surface area (Å²) in [7, 11) is 0.